The van der Waals surface area contributed by atoms with Gasteiger partial charge in [0.1, 0.15) is 6.10 Å². The Morgan fingerprint density at radius 1 is 1.06 bits per heavy atom. The monoisotopic (exact) mass is 428 g/mol. The summed E-state index contributed by atoms with van der Waals surface area (Å²) in [4.78, 5) is 11.5. The maximum absolute atomic E-state index is 11.5. The molecule has 176 valence electrons. The molecule has 0 aliphatic heterocycles. The fourth-order valence-electron chi connectivity index (χ4n) is 8.99. The van der Waals surface area contributed by atoms with Crippen molar-refractivity contribution in [2.45, 2.75) is 118 Å². The molecule has 0 spiro atoms. The van der Waals surface area contributed by atoms with Crippen LogP contribution in [0.2, 0.25) is 0 Å². The quantitative estimate of drug-likeness (QED) is 0.317. The molecule has 0 saturated heterocycles. The van der Waals surface area contributed by atoms with Crippen molar-refractivity contribution < 1.29 is 9.53 Å². The van der Waals surface area contributed by atoms with E-state index < -0.39 is 0 Å². The lowest BCUT2D eigenvalue weighted by atomic mass is 9.47. The smallest absolute Gasteiger partial charge is 0.302 e. The molecule has 0 aromatic rings. The first-order chi connectivity index (χ1) is 14.6. The van der Waals surface area contributed by atoms with E-state index in [1.54, 1.807) is 12.5 Å². The van der Waals surface area contributed by atoms with Gasteiger partial charge in [-0.25, -0.2) is 0 Å². The molecule has 0 N–H and O–H groups in total. The highest BCUT2D eigenvalue weighted by Gasteiger charge is 2.59. The first kappa shape index (κ1) is 23.4. The van der Waals surface area contributed by atoms with Crippen LogP contribution in [0.5, 0.6) is 0 Å². The number of hydrogen-bond acceptors (Lipinski definition) is 2. The van der Waals surface area contributed by atoms with Crippen molar-refractivity contribution >= 4 is 5.97 Å². The average molecular weight is 429 g/mol. The molecule has 3 saturated carbocycles. The van der Waals surface area contributed by atoms with Crippen LogP contribution in [-0.4, -0.2) is 12.1 Å². The standard InChI is InChI=1S/C29H48O2/c1-19(2)8-7-9-20(3)25-12-13-26-24-11-10-22-18-23(31-21(4)30)14-16-28(22,5)27(24)15-17-29(25,26)6/h10,19-20,23-27H,7-9,11-18H2,1-6H3/t20-,23-,24+,25+,26+,27+,28-,29-/m1/s1. The predicted octanol–water partition coefficient (Wildman–Crippen LogP) is 7.96. The van der Waals surface area contributed by atoms with Gasteiger partial charge in [-0.1, -0.05) is 65.5 Å². The van der Waals surface area contributed by atoms with Crippen LogP contribution in [0.15, 0.2) is 11.6 Å². The lowest BCUT2D eigenvalue weighted by Crippen LogP contribution is -2.51. The van der Waals surface area contributed by atoms with E-state index in [1.165, 1.54) is 57.8 Å². The first-order valence-corrected chi connectivity index (χ1v) is 13.5. The summed E-state index contributed by atoms with van der Waals surface area (Å²) in [7, 11) is 0. The molecule has 2 heteroatoms. The normalized spacial score (nSPS) is 42.9. The average Bonchev–Trinajstić information content (AvgIpc) is 3.05. The summed E-state index contributed by atoms with van der Waals surface area (Å²) < 4.78 is 5.61. The lowest BCUT2D eigenvalue weighted by Gasteiger charge is -2.58. The summed E-state index contributed by atoms with van der Waals surface area (Å²) in [5, 5.41) is 0. The Labute approximate surface area is 192 Å². The molecule has 0 heterocycles. The molecule has 4 aliphatic rings. The molecule has 3 fully saturated rings. The van der Waals surface area contributed by atoms with Crippen molar-refractivity contribution in [1.29, 1.82) is 0 Å². The number of ether oxygens (including phenoxy) is 1. The molecule has 0 bridgehead atoms. The highest BCUT2D eigenvalue weighted by molar-refractivity contribution is 5.66. The number of hydrogen-bond donors (Lipinski definition) is 0. The van der Waals surface area contributed by atoms with Crippen LogP contribution in [0.4, 0.5) is 0 Å². The summed E-state index contributed by atoms with van der Waals surface area (Å²) in [5.41, 5.74) is 2.53. The summed E-state index contributed by atoms with van der Waals surface area (Å²) in [6.45, 7) is 14.1. The lowest BCUT2D eigenvalue weighted by molar-refractivity contribution is -0.148. The molecule has 0 aromatic carbocycles. The van der Waals surface area contributed by atoms with E-state index in [0.29, 0.717) is 10.8 Å². The summed E-state index contributed by atoms with van der Waals surface area (Å²) in [6, 6.07) is 0. The molecule has 8 atom stereocenters. The van der Waals surface area contributed by atoms with Crippen molar-refractivity contribution in [3.8, 4) is 0 Å². The Hall–Kier alpha value is -0.790. The number of carbonyl (C=O) groups excluding carboxylic acids is 1. The Bertz CT molecular complexity index is 693. The largest absolute Gasteiger partial charge is 0.462 e. The Kier molecular flexibility index (Phi) is 6.68. The van der Waals surface area contributed by atoms with E-state index in [9.17, 15) is 4.79 Å². The van der Waals surface area contributed by atoms with Gasteiger partial charge in [0.15, 0.2) is 0 Å². The minimum absolute atomic E-state index is 0.115. The van der Waals surface area contributed by atoms with E-state index in [4.69, 9.17) is 4.74 Å². The Morgan fingerprint density at radius 3 is 2.55 bits per heavy atom. The van der Waals surface area contributed by atoms with Gasteiger partial charge >= 0.3 is 5.97 Å². The first-order valence-electron chi connectivity index (χ1n) is 13.5. The number of carbonyl (C=O) groups is 1. The highest BCUT2D eigenvalue weighted by atomic mass is 16.5. The van der Waals surface area contributed by atoms with Crippen molar-refractivity contribution in [2.75, 3.05) is 0 Å². The summed E-state index contributed by atoms with van der Waals surface area (Å²) in [6.07, 6.45) is 17.2. The minimum Gasteiger partial charge on any atom is -0.462 e. The van der Waals surface area contributed by atoms with E-state index in [1.807, 2.05) is 0 Å². The molecule has 2 nitrogen and oxygen atoms in total. The number of fused-ring (bicyclic) bond motifs is 5. The van der Waals surface area contributed by atoms with Gasteiger partial charge in [-0.3, -0.25) is 4.79 Å². The van der Waals surface area contributed by atoms with E-state index in [0.717, 1.165) is 48.3 Å². The van der Waals surface area contributed by atoms with Gasteiger partial charge in [-0.2, -0.15) is 0 Å². The Balaban J connectivity index is 1.47. The van der Waals surface area contributed by atoms with Gasteiger partial charge in [-0.05, 0) is 91.3 Å². The van der Waals surface area contributed by atoms with E-state index in [-0.39, 0.29) is 12.1 Å². The van der Waals surface area contributed by atoms with Crippen molar-refractivity contribution in [2.24, 2.45) is 46.3 Å². The second kappa shape index (κ2) is 8.86. The highest BCUT2D eigenvalue weighted by Crippen LogP contribution is 2.67. The van der Waals surface area contributed by atoms with Gasteiger partial charge in [0.25, 0.3) is 0 Å². The molecular formula is C29H48O2. The summed E-state index contributed by atoms with van der Waals surface area (Å²) >= 11 is 0. The third-order valence-corrected chi connectivity index (χ3v) is 10.6. The second-order valence-electron chi connectivity index (χ2n) is 12.8. The van der Waals surface area contributed by atoms with Gasteiger partial charge < -0.3 is 4.74 Å². The molecular weight excluding hydrogens is 380 g/mol. The maximum Gasteiger partial charge on any atom is 0.302 e. The zero-order chi connectivity index (χ0) is 22.4. The Morgan fingerprint density at radius 2 is 1.84 bits per heavy atom. The fraction of sp³-hybridized carbons (Fsp3) is 0.897. The van der Waals surface area contributed by atoms with E-state index in [2.05, 4.69) is 40.7 Å². The summed E-state index contributed by atoms with van der Waals surface area (Å²) in [5.74, 6) is 5.19. The SMILES string of the molecule is CC(=O)O[C@@H]1CC[C@]2(C)C(=CC[C@H]3[C@@H]4CC[C@@H]([C@H](C)CCCC(C)C)[C@@]4(C)CC[C@@H]32)C1. The fourth-order valence-corrected chi connectivity index (χ4v) is 8.99. The van der Waals surface area contributed by atoms with Crippen LogP contribution >= 0.6 is 0 Å². The van der Waals surface area contributed by atoms with Crippen LogP contribution < -0.4 is 0 Å². The maximum atomic E-state index is 11.5. The van der Waals surface area contributed by atoms with Crippen molar-refractivity contribution in [1.82, 2.24) is 0 Å². The molecule has 0 amide bonds. The number of rotatable bonds is 6. The van der Waals surface area contributed by atoms with Crippen LogP contribution in [0.1, 0.15) is 112 Å². The molecule has 0 aromatic heterocycles. The van der Waals surface area contributed by atoms with Crippen LogP contribution in [-0.2, 0) is 9.53 Å². The topological polar surface area (TPSA) is 26.3 Å². The van der Waals surface area contributed by atoms with Crippen molar-refractivity contribution in [3.63, 3.8) is 0 Å². The molecule has 31 heavy (non-hydrogen) atoms. The van der Waals surface area contributed by atoms with Crippen LogP contribution in [0, 0.1) is 46.3 Å². The van der Waals surface area contributed by atoms with Gasteiger partial charge in [0, 0.05) is 13.3 Å². The second-order valence-corrected chi connectivity index (χ2v) is 12.8. The molecule has 0 unspecified atom stereocenters. The van der Waals surface area contributed by atoms with Gasteiger partial charge in [0.2, 0.25) is 0 Å². The van der Waals surface area contributed by atoms with Gasteiger partial charge in [0.05, 0.1) is 0 Å². The zero-order valence-electron chi connectivity index (χ0n) is 21.2. The number of esters is 1. The number of allylic oxidation sites excluding steroid dienone is 1. The minimum atomic E-state index is -0.115. The zero-order valence-corrected chi connectivity index (χ0v) is 21.2. The third kappa shape index (κ3) is 4.26. The third-order valence-electron chi connectivity index (χ3n) is 10.6. The van der Waals surface area contributed by atoms with E-state index >= 15 is 0 Å². The molecule has 4 aliphatic carbocycles. The van der Waals surface area contributed by atoms with Gasteiger partial charge in [-0.15, -0.1) is 0 Å². The predicted molar refractivity (Wildman–Crippen MR) is 129 cm³/mol. The van der Waals surface area contributed by atoms with Crippen LogP contribution in [0.3, 0.4) is 0 Å². The molecule has 4 rings (SSSR count). The molecule has 0 radical (unpaired) electrons. The van der Waals surface area contributed by atoms with Crippen LogP contribution in [0.25, 0.3) is 0 Å². The van der Waals surface area contributed by atoms with Crippen molar-refractivity contribution in [3.05, 3.63) is 11.6 Å².